The Bertz CT molecular complexity index is 186. The van der Waals surface area contributed by atoms with Crippen LogP contribution < -0.4 is 0 Å². The largest absolute Gasteiger partial charge is 0.372 e. The first-order valence-electron chi connectivity index (χ1n) is 4.58. The summed E-state index contributed by atoms with van der Waals surface area (Å²) in [5.41, 5.74) is 0. The summed E-state index contributed by atoms with van der Waals surface area (Å²) in [6.45, 7) is 5.68. The molecule has 3 nitrogen and oxygen atoms in total. The number of carbonyl (C=O) groups is 1. The zero-order chi connectivity index (χ0) is 9.84. The van der Waals surface area contributed by atoms with Gasteiger partial charge in [-0.3, -0.25) is 4.79 Å². The maximum Gasteiger partial charge on any atom is 0.251 e. The van der Waals surface area contributed by atoms with Crippen LogP contribution in [-0.2, 0) is 9.53 Å². The van der Waals surface area contributed by atoms with Gasteiger partial charge in [0.05, 0.1) is 0 Å². The zero-order valence-corrected chi connectivity index (χ0v) is 9.26. The van der Waals surface area contributed by atoms with Crippen molar-refractivity contribution in [3.05, 3.63) is 0 Å². The van der Waals surface area contributed by atoms with Gasteiger partial charge in [0.2, 0.25) is 0 Å². The fraction of sp³-hybridized carbons (Fsp3) is 0.889. The number of carbonyl (C=O) groups excluding carboxylic acids is 1. The van der Waals surface area contributed by atoms with Crippen LogP contribution in [0.25, 0.3) is 0 Å². The first-order valence-corrected chi connectivity index (χ1v) is 5.63. The SMILES string of the molecule is COC(C)C(=O)N1CCSC(C)C1. The molecule has 1 rings (SSSR count). The maximum absolute atomic E-state index is 11.7. The molecule has 0 N–H and O–H groups in total. The maximum atomic E-state index is 11.7. The van der Waals surface area contributed by atoms with E-state index in [1.807, 2.05) is 16.7 Å². The third-order valence-corrected chi connectivity index (χ3v) is 3.39. The highest BCUT2D eigenvalue weighted by Crippen LogP contribution is 2.18. The fourth-order valence-corrected chi connectivity index (χ4v) is 2.39. The first kappa shape index (κ1) is 10.9. The van der Waals surface area contributed by atoms with Crippen LogP contribution in [0.4, 0.5) is 0 Å². The lowest BCUT2D eigenvalue weighted by Crippen LogP contribution is -2.45. The Labute approximate surface area is 83.8 Å². The van der Waals surface area contributed by atoms with Crippen molar-refractivity contribution in [1.82, 2.24) is 4.90 Å². The Hall–Kier alpha value is -0.220. The summed E-state index contributed by atoms with van der Waals surface area (Å²) in [4.78, 5) is 13.6. The number of thioether (sulfide) groups is 1. The molecule has 0 bridgehead atoms. The minimum absolute atomic E-state index is 0.120. The normalized spacial score (nSPS) is 25.8. The molecule has 1 aliphatic rings. The molecule has 2 unspecified atom stereocenters. The Morgan fingerprint density at radius 1 is 1.69 bits per heavy atom. The van der Waals surface area contributed by atoms with Gasteiger partial charge in [0.15, 0.2) is 0 Å². The van der Waals surface area contributed by atoms with E-state index in [9.17, 15) is 4.79 Å². The van der Waals surface area contributed by atoms with Gasteiger partial charge in [-0.2, -0.15) is 11.8 Å². The van der Waals surface area contributed by atoms with Gasteiger partial charge < -0.3 is 9.64 Å². The second-order valence-electron chi connectivity index (χ2n) is 3.34. The summed E-state index contributed by atoms with van der Waals surface area (Å²) in [6.07, 6.45) is -0.296. The van der Waals surface area contributed by atoms with Crippen LogP contribution in [0.15, 0.2) is 0 Å². The quantitative estimate of drug-likeness (QED) is 0.670. The summed E-state index contributed by atoms with van der Waals surface area (Å²) in [5.74, 6) is 1.17. The molecule has 0 aliphatic carbocycles. The molecule has 1 amide bonds. The van der Waals surface area contributed by atoms with E-state index in [1.54, 1.807) is 14.0 Å². The minimum atomic E-state index is -0.296. The molecule has 4 heteroatoms. The molecule has 1 saturated heterocycles. The Balaban J connectivity index is 2.46. The molecule has 13 heavy (non-hydrogen) atoms. The van der Waals surface area contributed by atoms with Gasteiger partial charge >= 0.3 is 0 Å². The van der Waals surface area contributed by atoms with Crippen LogP contribution in [0.1, 0.15) is 13.8 Å². The van der Waals surface area contributed by atoms with Crippen LogP contribution in [0.5, 0.6) is 0 Å². The summed E-state index contributed by atoms with van der Waals surface area (Å²) >= 11 is 1.92. The van der Waals surface area contributed by atoms with Crippen molar-refractivity contribution < 1.29 is 9.53 Å². The van der Waals surface area contributed by atoms with E-state index >= 15 is 0 Å². The van der Waals surface area contributed by atoms with Gasteiger partial charge in [0.25, 0.3) is 5.91 Å². The van der Waals surface area contributed by atoms with Crippen molar-refractivity contribution in [3.8, 4) is 0 Å². The molecule has 2 atom stereocenters. The molecule has 76 valence electrons. The Kier molecular flexibility index (Phi) is 4.06. The number of rotatable bonds is 2. The van der Waals surface area contributed by atoms with E-state index in [4.69, 9.17) is 4.74 Å². The minimum Gasteiger partial charge on any atom is -0.372 e. The van der Waals surface area contributed by atoms with Crippen molar-refractivity contribution in [2.24, 2.45) is 0 Å². The van der Waals surface area contributed by atoms with E-state index in [1.165, 1.54) is 0 Å². The molecule has 0 aromatic rings. The van der Waals surface area contributed by atoms with E-state index in [0.717, 1.165) is 18.8 Å². The third-order valence-electron chi connectivity index (χ3n) is 2.25. The lowest BCUT2D eigenvalue weighted by atomic mass is 10.3. The van der Waals surface area contributed by atoms with Crippen LogP contribution in [0, 0.1) is 0 Å². The van der Waals surface area contributed by atoms with Gasteiger partial charge in [-0.1, -0.05) is 6.92 Å². The predicted molar refractivity (Wildman–Crippen MR) is 55.0 cm³/mol. The highest BCUT2D eigenvalue weighted by Gasteiger charge is 2.24. The standard InChI is InChI=1S/C9H17NO2S/c1-7-6-10(4-5-13-7)9(11)8(2)12-3/h7-8H,4-6H2,1-3H3. The van der Waals surface area contributed by atoms with Gasteiger partial charge in [-0.05, 0) is 6.92 Å². The summed E-state index contributed by atoms with van der Waals surface area (Å²) in [6, 6.07) is 0. The predicted octanol–water partition coefficient (Wildman–Crippen LogP) is 0.985. The number of ether oxygens (including phenoxy) is 1. The van der Waals surface area contributed by atoms with Crippen LogP contribution in [0.3, 0.4) is 0 Å². The monoisotopic (exact) mass is 203 g/mol. The lowest BCUT2D eigenvalue weighted by molar-refractivity contribution is -0.140. The fourth-order valence-electron chi connectivity index (χ4n) is 1.38. The molecule has 0 spiro atoms. The molecule has 0 aromatic carbocycles. The van der Waals surface area contributed by atoms with Gasteiger partial charge in [0.1, 0.15) is 6.10 Å². The van der Waals surface area contributed by atoms with Crippen LogP contribution in [-0.4, -0.2) is 48.1 Å². The van der Waals surface area contributed by atoms with Crippen molar-refractivity contribution in [2.45, 2.75) is 25.2 Å². The molecular weight excluding hydrogens is 186 g/mol. The smallest absolute Gasteiger partial charge is 0.251 e. The van der Waals surface area contributed by atoms with Gasteiger partial charge in [-0.25, -0.2) is 0 Å². The number of hydrogen-bond acceptors (Lipinski definition) is 3. The van der Waals surface area contributed by atoms with Crippen molar-refractivity contribution >= 4 is 17.7 Å². The number of amides is 1. The van der Waals surface area contributed by atoms with E-state index < -0.39 is 0 Å². The number of methoxy groups -OCH3 is 1. The Morgan fingerprint density at radius 2 is 2.38 bits per heavy atom. The Morgan fingerprint density at radius 3 is 2.92 bits per heavy atom. The molecule has 1 heterocycles. The van der Waals surface area contributed by atoms with Crippen LogP contribution in [0.2, 0.25) is 0 Å². The summed E-state index contributed by atoms with van der Waals surface area (Å²) < 4.78 is 5.00. The first-order chi connectivity index (χ1) is 6.15. The van der Waals surface area contributed by atoms with E-state index in [0.29, 0.717) is 5.25 Å². The average molecular weight is 203 g/mol. The second-order valence-corrected chi connectivity index (χ2v) is 4.89. The molecule has 0 aromatic heterocycles. The zero-order valence-electron chi connectivity index (χ0n) is 8.45. The topological polar surface area (TPSA) is 29.5 Å². The van der Waals surface area contributed by atoms with Crippen molar-refractivity contribution in [1.29, 1.82) is 0 Å². The van der Waals surface area contributed by atoms with E-state index in [2.05, 4.69) is 6.92 Å². The van der Waals surface area contributed by atoms with Crippen molar-refractivity contribution in [2.75, 3.05) is 26.0 Å². The molecule has 0 saturated carbocycles. The second kappa shape index (κ2) is 4.86. The number of nitrogens with zero attached hydrogens (tertiary/aromatic N) is 1. The van der Waals surface area contributed by atoms with Gasteiger partial charge in [0, 0.05) is 31.2 Å². The van der Waals surface area contributed by atoms with E-state index in [-0.39, 0.29) is 12.0 Å². The summed E-state index contributed by atoms with van der Waals surface area (Å²) in [7, 11) is 1.57. The highest BCUT2D eigenvalue weighted by atomic mass is 32.2. The highest BCUT2D eigenvalue weighted by molar-refractivity contribution is 7.99. The summed E-state index contributed by atoms with van der Waals surface area (Å²) in [5, 5.41) is 0.557. The number of hydrogen-bond donors (Lipinski definition) is 0. The van der Waals surface area contributed by atoms with Gasteiger partial charge in [-0.15, -0.1) is 0 Å². The van der Waals surface area contributed by atoms with Crippen LogP contribution >= 0.6 is 11.8 Å². The third kappa shape index (κ3) is 2.88. The molecule has 0 radical (unpaired) electrons. The molecular formula is C9H17NO2S. The molecule has 1 fully saturated rings. The average Bonchev–Trinajstić information content (AvgIpc) is 2.15. The molecule has 1 aliphatic heterocycles. The van der Waals surface area contributed by atoms with Crippen molar-refractivity contribution in [3.63, 3.8) is 0 Å². The lowest BCUT2D eigenvalue weighted by Gasteiger charge is -2.32.